The SMILES string of the molecule is CCNC(=NCc1ccc(OC)cc1OC(F)F)NC1CCN(c2ccccc2)CC1. The van der Waals surface area contributed by atoms with E-state index in [2.05, 4.69) is 49.5 Å². The lowest BCUT2D eigenvalue weighted by molar-refractivity contribution is -0.0505. The lowest BCUT2D eigenvalue weighted by Crippen LogP contribution is -2.48. The van der Waals surface area contributed by atoms with E-state index in [1.165, 1.54) is 18.9 Å². The quantitative estimate of drug-likeness (QED) is 0.487. The van der Waals surface area contributed by atoms with Crippen molar-refractivity contribution in [2.24, 2.45) is 4.99 Å². The van der Waals surface area contributed by atoms with Crippen molar-refractivity contribution in [2.45, 2.75) is 39.0 Å². The highest BCUT2D eigenvalue weighted by atomic mass is 19.3. The van der Waals surface area contributed by atoms with E-state index in [4.69, 9.17) is 4.74 Å². The molecule has 0 aliphatic carbocycles. The summed E-state index contributed by atoms with van der Waals surface area (Å²) in [7, 11) is 1.48. The zero-order valence-corrected chi connectivity index (χ0v) is 18.0. The fraction of sp³-hybridized carbons (Fsp3) is 0.435. The molecular weight excluding hydrogens is 402 g/mol. The normalized spacial score (nSPS) is 15.1. The monoisotopic (exact) mass is 432 g/mol. The van der Waals surface area contributed by atoms with Gasteiger partial charge in [-0.3, -0.25) is 0 Å². The van der Waals surface area contributed by atoms with E-state index >= 15 is 0 Å². The van der Waals surface area contributed by atoms with Crippen LogP contribution >= 0.6 is 0 Å². The molecule has 0 aromatic heterocycles. The van der Waals surface area contributed by atoms with Gasteiger partial charge in [0.2, 0.25) is 0 Å². The van der Waals surface area contributed by atoms with Gasteiger partial charge >= 0.3 is 6.61 Å². The maximum absolute atomic E-state index is 12.8. The van der Waals surface area contributed by atoms with Gasteiger partial charge in [-0.1, -0.05) is 18.2 Å². The molecule has 0 spiro atoms. The van der Waals surface area contributed by atoms with E-state index < -0.39 is 6.61 Å². The van der Waals surface area contributed by atoms with Crippen LogP contribution in [-0.4, -0.2) is 45.4 Å². The number of alkyl halides is 2. The van der Waals surface area contributed by atoms with E-state index in [9.17, 15) is 8.78 Å². The zero-order chi connectivity index (χ0) is 22.1. The summed E-state index contributed by atoms with van der Waals surface area (Å²) in [5, 5.41) is 6.72. The van der Waals surface area contributed by atoms with Crippen molar-refractivity contribution in [2.75, 3.05) is 31.6 Å². The Kier molecular flexibility index (Phi) is 8.32. The van der Waals surface area contributed by atoms with E-state index in [1.807, 2.05) is 13.0 Å². The van der Waals surface area contributed by atoms with Crippen molar-refractivity contribution in [1.29, 1.82) is 0 Å². The van der Waals surface area contributed by atoms with Crippen LogP contribution in [0.4, 0.5) is 14.5 Å². The third-order valence-corrected chi connectivity index (χ3v) is 5.20. The standard InChI is InChI=1S/C23H30F2N4O2/c1-3-26-23(27-16-17-9-10-20(30-2)15-21(17)31-22(24)25)28-18-11-13-29(14-12-18)19-7-5-4-6-8-19/h4-10,15,18,22H,3,11-14,16H2,1-2H3,(H2,26,27,28). The molecule has 1 aliphatic heterocycles. The molecule has 3 rings (SSSR count). The van der Waals surface area contributed by atoms with E-state index in [-0.39, 0.29) is 12.3 Å². The Bertz CT molecular complexity index is 841. The number of halogens is 2. The van der Waals surface area contributed by atoms with Crippen molar-refractivity contribution in [1.82, 2.24) is 10.6 Å². The van der Waals surface area contributed by atoms with Crippen molar-refractivity contribution in [3.8, 4) is 11.5 Å². The lowest BCUT2D eigenvalue weighted by Gasteiger charge is -2.34. The summed E-state index contributed by atoms with van der Waals surface area (Å²) in [5.41, 5.74) is 1.81. The Hall–Kier alpha value is -3.03. The molecule has 1 heterocycles. The third kappa shape index (κ3) is 6.73. The van der Waals surface area contributed by atoms with Gasteiger partial charge in [-0.05, 0) is 44.0 Å². The number of anilines is 1. The van der Waals surface area contributed by atoms with Gasteiger partial charge in [0, 0.05) is 43.0 Å². The van der Waals surface area contributed by atoms with E-state index in [0.29, 0.717) is 29.9 Å². The molecule has 0 unspecified atom stereocenters. The first kappa shape index (κ1) is 22.7. The number of guanidine groups is 1. The van der Waals surface area contributed by atoms with Crippen LogP contribution < -0.4 is 25.0 Å². The number of methoxy groups -OCH3 is 1. The molecule has 31 heavy (non-hydrogen) atoms. The minimum absolute atomic E-state index is 0.0742. The molecule has 1 aliphatic rings. The minimum atomic E-state index is -2.91. The van der Waals surface area contributed by atoms with Crippen molar-refractivity contribution in [3.05, 3.63) is 54.1 Å². The summed E-state index contributed by atoms with van der Waals surface area (Å²) >= 11 is 0. The second-order valence-corrected chi connectivity index (χ2v) is 7.29. The molecule has 0 bridgehead atoms. The van der Waals surface area contributed by atoms with Gasteiger partial charge in [0.05, 0.1) is 13.7 Å². The van der Waals surface area contributed by atoms with Gasteiger partial charge in [0.1, 0.15) is 11.5 Å². The summed E-state index contributed by atoms with van der Waals surface area (Å²) < 4.78 is 35.3. The average Bonchev–Trinajstić information content (AvgIpc) is 2.79. The van der Waals surface area contributed by atoms with Crippen LogP contribution in [0, 0.1) is 0 Å². The molecule has 0 amide bonds. The molecular formula is C23H30F2N4O2. The molecule has 0 atom stereocenters. The molecule has 168 valence electrons. The highest BCUT2D eigenvalue weighted by Crippen LogP contribution is 2.27. The Labute approximate surface area is 182 Å². The molecule has 2 aromatic rings. The van der Waals surface area contributed by atoms with Crippen LogP contribution in [0.3, 0.4) is 0 Å². The molecule has 1 fully saturated rings. The summed E-state index contributed by atoms with van der Waals surface area (Å²) in [6.45, 7) is 1.93. The number of nitrogens with one attached hydrogen (secondary N) is 2. The van der Waals surface area contributed by atoms with Crippen LogP contribution in [0.2, 0.25) is 0 Å². The Morgan fingerprint density at radius 2 is 1.90 bits per heavy atom. The molecule has 2 N–H and O–H groups in total. The second-order valence-electron chi connectivity index (χ2n) is 7.29. The van der Waals surface area contributed by atoms with Crippen LogP contribution in [0.15, 0.2) is 53.5 Å². The van der Waals surface area contributed by atoms with Gasteiger partial charge in [-0.15, -0.1) is 0 Å². The first-order chi connectivity index (χ1) is 15.1. The number of rotatable bonds is 8. The first-order valence-electron chi connectivity index (χ1n) is 10.6. The van der Waals surface area contributed by atoms with Gasteiger partial charge in [0.15, 0.2) is 5.96 Å². The Morgan fingerprint density at radius 3 is 2.55 bits per heavy atom. The fourth-order valence-corrected chi connectivity index (χ4v) is 3.60. The third-order valence-electron chi connectivity index (χ3n) is 5.20. The first-order valence-corrected chi connectivity index (χ1v) is 10.6. The second kappa shape index (κ2) is 11.4. The van der Waals surface area contributed by atoms with E-state index in [0.717, 1.165) is 25.9 Å². The van der Waals surface area contributed by atoms with Crippen molar-refractivity contribution in [3.63, 3.8) is 0 Å². The zero-order valence-electron chi connectivity index (χ0n) is 18.0. The Morgan fingerprint density at radius 1 is 1.16 bits per heavy atom. The summed E-state index contributed by atoms with van der Waals surface area (Å²) in [6.07, 6.45) is 1.98. The smallest absolute Gasteiger partial charge is 0.387 e. The maximum atomic E-state index is 12.8. The van der Waals surface area contributed by atoms with Crippen LogP contribution in [0.1, 0.15) is 25.3 Å². The number of piperidine rings is 1. The number of hydrogen-bond acceptors (Lipinski definition) is 4. The largest absolute Gasteiger partial charge is 0.497 e. The van der Waals surface area contributed by atoms with Crippen LogP contribution in [-0.2, 0) is 6.54 Å². The maximum Gasteiger partial charge on any atom is 0.387 e. The molecule has 1 saturated heterocycles. The van der Waals surface area contributed by atoms with Gasteiger partial charge in [-0.25, -0.2) is 4.99 Å². The highest BCUT2D eigenvalue weighted by molar-refractivity contribution is 5.80. The fourth-order valence-electron chi connectivity index (χ4n) is 3.60. The number of benzene rings is 2. The summed E-state index contributed by atoms with van der Waals surface area (Å²) in [6, 6.07) is 15.6. The predicted octanol–water partition coefficient (Wildman–Crippen LogP) is 4.02. The minimum Gasteiger partial charge on any atom is -0.497 e. The average molecular weight is 433 g/mol. The number of aliphatic imine (C=N–C) groups is 1. The van der Waals surface area contributed by atoms with Crippen molar-refractivity contribution < 1.29 is 18.3 Å². The number of ether oxygens (including phenoxy) is 2. The highest BCUT2D eigenvalue weighted by Gasteiger charge is 2.20. The van der Waals surface area contributed by atoms with Gasteiger partial charge < -0.3 is 25.0 Å². The number of hydrogen-bond donors (Lipinski definition) is 2. The molecule has 8 heteroatoms. The van der Waals surface area contributed by atoms with Crippen molar-refractivity contribution >= 4 is 11.6 Å². The van der Waals surface area contributed by atoms with E-state index in [1.54, 1.807) is 12.1 Å². The molecule has 0 radical (unpaired) electrons. The summed E-state index contributed by atoms with van der Waals surface area (Å²) in [4.78, 5) is 6.98. The van der Waals surface area contributed by atoms with Crippen LogP contribution in [0.25, 0.3) is 0 Å². The molecule has 0 saturated carbocycles. The summed E-state index contributed by atoms with van der Waals surface area (Å²) in [5.74, 6) is 1.20. The topological polar surface area (TPSA) is 58.1 Å². The molecule has 6 nitrogen and oxygen atoms in total. The number of para-hydroxylation sites is 1. The number of nitrogens with zero attached hydrogens (tertiary/aromatic N) is 2. The molecule has 2 aromatic carbocycles. The lowest BCUT2D eigenvalue weighted by atomic mass is 10.0. The van der Waals surface area contributed by atoms with Gasteiger partial charge in [-0.2, -0.15) is 8.78 Å². The Balaban J connectivity index is 1.62. The van der Waals surface area contributed by atoms with Gasteiger partial charge in [0.25, 0.3) is 0 Å². The predicted molar refractivity (Wildman–Crippen MR) is 119 cm³/mol. The van der Waals surface area contributed by atoms with Crippen LogP contribution in [0.5, 0.6) is 11.5 Å².